The minimum Gasteiger partial charge on any atom is -0.444 e. The summed E-state index contributed by atoms with van der Waals surface area (Å²) >= 11 is 0. The minimum atomic E-state index is -0.459. The summed E-state index contributed by atoms with van der Waals surface area (Å²) in [4.78, 5) is 16.0. The highest BCUT2D eigenvalue weighted by Crippen LogP contribution is 2.08. The molecule has 0 radical (unpaired) electrons. The average Bonchev–Trinajstić information content (AvgIpc) is 2.89. The van der Waals surface area contributed by atoms with Gasteiger partial charge >= 0.3 is 6.09 Å². The third-order valence-electron chi connectivity index (χ3n) is 2.97. The lowest BCUT2D eigenvalue weighted by molar-refractivity contribution is 0.0527. The molecule has 134 valence electrons. The van der Waals surface area contributed by atoms with E-state index in [0.717, 1.165) is 31.8 Å². The fourth-order valence-corrected chi connectivity index (χ4v) is 2.02. The molecule has 1 aliphatic carbocycles. The van der Waals surface area contributed by atoms with E-state index in [-0.39, 0.29) is 30.1 Å². The molecule has 0 fully saturated rings. The van der Waals surface area contributed by atoms with Crippen LogP contribution < -0.4 is 16.0 Å². The lowest BCUT2D eigenvalue weighted by Gasteiger charge is -2.19. The van der Waals surface area contributed by atoms with E-state index in [0.29, 0.717) is 19.1 Å². The Kier molecular flexibility index (Phi) is 11.0. The number of nitrogens with one attached hydrogen (secondary N) is 3. The zero-order valence-corrected chi connectivity index (χ0v) is 17.0. The summed E-state index contributed by atoms with van der Waals surface area (Å²) in [6.07, 6.45) is 6.87. The number of hydrogen-bond acceptors (Lipinski definition) is 3. The predicted molar refractivity (Wildman–Crippen MR) is 106 cm³/mol. The quantitative estimate of drug-likeness (QED) is 0.196. The summed E-state index contributed by atoms with van der Waals surface area (Å²) in [5.41, 5.74) is -0.459. The topological polar surface area (TPSA) is 74.8 Å². The van der Waals surface area contributed by atoms with Gasteiger partial charge in [0.1, 0.15) is 5.60 Å². The van der Waals surface area contributed by atoms with Crippen LogP contribution in [0.1, 0.15) is 47.0 Å². The molecule has 7 heteroatoms. The molecule has 0 aromatic heterocycles. The predicted octanol–water partition coefficient (Wildman–Crippen LogP) is 2.79. The Morgan fingerprint density at radius 1 is 1.26 bits per heavy atom. The van der Waals surface area contributed by atoms with Gasteiger partial charge in [-0.3, -0.25) is 4.99 Å². The monoisotopic (exact) mass is 438 g/mol. The second-order valence-electron chi connectivity index (χ2n) is 6.33. The Balaban J connectivity index is 0.00000484. The lowest BCUT2D eigenvalue weighted by Crippen LogP contribution is -2.42. The third kappa shape index (κ3) is 11.2. The highest BCUT2D eigenvalue weighted by molar-refractivity contribution is 14.0. The number of ether oxygens (including phenoxy) is 1. The first-order valence-electron chi connectivity index (χ1n) is 8.07. The zero-order chi connectivity index (χ0) is 16.4. The highest BCUT2D eigenvalue weighted by atomic mass is 127. The summed E-state index contributed by atoms with van der Waals surface area (Å²) in [5, 5.41) is 9.39. The van der Waals surface area contributed by atoms with Gasteiger partial charge in [-0.15, -0.1) is 24.0 Å². The van der Waals surface area contributed by atoms with Gasteiger partial charge in [-0.2, -0.15) is 0 Å². The smallest absolute Gasteiger partial charge is 0.407 e. The number of guanidine groups is 1. The Bertz CT molecular complexity index is 397. The molecule has 1 aliphatic rings. The number of amides is 1. The molecule has 0 aromatic carbocycles. The number of carbonyl (C=O) groups is 1. The molecule has 0 bridgehead atoms. The van der Waals surface area contributed by atoms with Gasteiger partial charge in [0.15, 0.2) is 5.96 Å². The maximum Gasteiger partial charge on any atom is 0.407 e. The van der Waals surface area contributed by atoms with E-state index >= 15 is 0 Å². The van der Waals surface area contributed by atoms with Crippen LogP contribution in [0.2, 0.25) is 0 Å². The number of aliphatic imine (C=N–C) groups is 1. The molecule has 6 nitrogen and oxygen atoms in total. The summed E-state index contributed by atoms with van der Waals surface area (Å²) in [5.74, 6) is 0.841. The van der Waals surface area contributed by atoms with Crippen molar-refractivity contribution in [1.82, 2.24) is 16.0 Å². The fraction of sp³-hybridized carbons (Fsp3) is 0.750. The molecule has 0 aromatic rings. The SMILES string of the molecule is CCNC(=NCCCNC(=O)OC(C)(C)C)NC1CC=CC1.I. The van der Waals surface area contributed by atoms with Crippen molar-refractivity contribution in [2.24, 2.45) is 4.99 Å². The van der Waals surface area contributed by atoms with E-state index in [9.17, 15) is 4.79 Å². The van der Waals surface area contributed by atoms with Crippen molar-refractivity contribution in [1.29, 1.82) is 0 Å². The van der Waals surface area contributed by atoms with Crippen LogP contribution in [0.4, 0.5) is 4.79 Å². The van der Waals surface area contributed by atoms with Gasteiger partial charge in [0, 0.05) is 25.7 Å². The zero-order valence-electron chi connectivity index (χ0n) is 14.6. The fourth-order valence-electron chi connectivity index (χ4n) is 2.02. The molecule has 23 heavy (non-hydrogen) atoms. The minimum absolute atomic E-state index is 0. The summed E-state index contributed by atoms with van der Waals surface area (Å²) in [7, 11) is 0. The van der Waals surface area contributed by atoms with Gasteiger partial charge in [0.2, 0.25) is 0 Å². The average molecular weight is 438 g/mol. The molecule has 0 saturated heterocycles. The van der Waals surface area contributed by atoms with Gasteiger partial charge in [-0.05, 0) is 47.0 Å². The number of alkyl carbamates (subject to hydrolysis) is 1. The Morgan fingerprint density at radius 2 is 1.91 bits per heavy atom. The number of nitrogens with zero attached hydrogens (tertiary/aromatic N) is 1. The van der Waals surface area contributed by atoms with Crippen molar-refractivity contribution >= 4 is 36.0 Å². The second kappa shape index (κ2) is 11.5. The Hall–Kier alpha value is -0.990. The number of rotatable bonds is 6. The van der Waals surface area contributed by atoms with Crippen LogP contribution in [0.25, 0.3) is 0 Å². The van der Waals surface area contributed by atoms with Crippen LogP contribution in [0.5, 0.6) is 0 Å². The molecule has 1 rings (SSSR count). The van der Waals surface area contributed by atoms with E-state index in [4.69, 9.17) is 4.74 Å². The number of carbonyl (C=O) groups excluding carboxylic acids is 1. The van der Waals surface area contributed by atoms with Crippen molar-refractivity contribution in [3.05, 3.63) is 12.2 Å². The third-order valence-corrected chi connectivity index (χ3v) is 2.97. The standard InChI is InChI=1S/C16H30N4O2.HI/c1-5-17-14(20-13-9-6-7-10-13)18-11-8-12-19-15(21)22-16(2,3)4;/h6-7,13H,5,8-12H2,1-4H3,(H,19,21)(H2,17,18,20);1H. The number of halogens is 1. The van der Waals surface area contributed by atoms with Crippen molar-refractivity contribution in [3.63, 3.8) is 0 Å². The Labute approximate surface area is 156 Å². The van der Waals surface area contributed by atoms with Crippen molar-refractivity contribution in [3.8, 4) is 0 Å². The maximum atomic E-state index is 11.5. The molecular formula is C16H31IN4O2. The highest BCUT2D eigenvalue weighted by Gasteiger charge is 2.15. The van der Waals surface area contributed by atoms with Crippen LogP contribution in [-0.2, 0) is 4.74 Å². The summed E-state index contributed by atoms with van der Waals surface area (Å²) < 4.78 is 5.18. The molecule has 0 atom stereocenters. The maximum absolute atomic E-state index is 11.5. The van der Waals surface area contributed by atoms with Crippen LogP contribution in [0.3, 0.4) is 0 Å². The van der Waals surface area contributed by atoms with Crippen molar-refractivity contribution in [2.45, 2.75) is 58.6 Å². The molecule has 0 heterocycles. The normalized spacial score (nSPS) is 15.0. The van der Waals surface area contributed by atoms with Gasteiger partial charge in [-0.1, -0.05) is 12.2 Å². The first kappa shape index (κ1) is 22.0. The van der Waals surface area contributed by atoms with Crippen molar-refractivity contribution < 1.29 is 9.53 Å². The molecule has 0 aliphatic heterocycles. The molecular weight excluding hydrogens is 407 g/mol. The molecule has 0 spiro atoms. The van der Waals surface area contributed by atoms with E-state index in [1.165, 1.54) is 0 Å². The Morgan fingerprint density at radius 3 is 2.48 bits per heavy atom. The molecule has 0 unspecified atom stereocenters. The van der Waals surface area contributed by atoms with Crippen LogP contribution in [0.15, 0.2) is 17.1 Å². The second-order valence-corrected chi connectivity index (χ2v) is 6.33. The number of hydrogen-bond donors (Lipinski definition) is 3. The first-order chi connectivity index (χ1) is 10.4. The molecule has 3 N–H and O–H groups in total. The van der Waals surface area contributed by atoms with Gasteiger partial charge in [-0.25, -0.2) is 4.79 Å². The van der Waals surface area contributed by atoms with Crippen LogP contribution in [0, 0.1) is 0 Å². The van der Waals surface area contributed by atoms with Gasteiger partial charge < -0.3 is 20.7 Å². The van der Waals surface area contributed by atoms with Crippen LogP contribution >= 0.6 is 24.0 Å². The van der Waals surface area contributed by atoms with Crippen LogP contribution in [-0.4, -0.2) is 43.3 Å². The summed E-state index contributed by atoms with van der Waals surface area (Å²) in [6.45, 7) is 9.65. The van der Waals surface area contributed by atoms with E-state index in [1.54, 1.807) is 0 Å². The summed E-state index contributed by atoms with van der Waals surface area (Å²) in [6, 6.07) is 0.442. The van der Waals surface area contributed by atoms with E-state index in [1.807, 2.05) is 27.7 Å². The largest absolute Gasteiger partial charge is 0.444 e. The lowest BCUT2D eigenvalue weighted by atomic mass is 10.2. The van der Waals surface area contributed by atoms with Gasteiger partial charge in [0.05, 0.1) is 0 Å². The molecule has 0 saturated carbocycles. The van der Waals surface area contributed by atoms with Crippen molar-refractivity contribution in [2.75, 3.05) is 19.6 Å². The first-order valence-corrected chi connectivity index (χ1v) is 8.07. The van der Waals surface area contributed by atoms with E-state index in [2.05, 4.69) is 33.1 Å². The molecule has 1 amide bonds. The van der Waals surface area contributed by atoms with Gasteiger partial charge in [0.25, 0.3) is 0 Å². The van der Waals surface area contributed by atoms with E-state index < -0.39 is 5.60 Å².